The van der Waals surface area contributed by atoms with Gasteiger partial charge >= 0.3 is 5.97 Å². The first-order chi connectivity index (χ1) is 19.5. The van der Waals surface area contributed by atoms with E-state index in [2.05, 4.69) is 5.32 Å². The second-order valence-electron chi connectivity index (χ2n) is 11.8. The fourth-order valence-corrected chi connectivity index (χ4v) is 6.91. The zero-order chi connectivity index (χ0) is 29.0. The Hall–Kier alpha value is -3.67. The van der Waals surface area contributed by atoms with Gasteiger partial charge in [0.2, 0.25) is 5.91 Å². The van der Waals surface area contributed by atoms with E-state index >= 15 is 4.39 Å². The van der Waals surface area contributed by atoms with Gasteiger partial charge in [-0.05, 0) is 61.8 Å². The molecule has 11 heteroatoms. The first kappa shape index (κ1) is 26.2. The van der Waals surface area contributed by atoms with Gasteiger partial charge in [0, 0.05) is 28.0 Å². The lowest BCUT2D eigenvalue weighted by Crippen LogP contribution is -2.44. The number of nitrogens with one attached hydrogen (secondary N) is 1. The number of nitrogens with zero attached hydrogens (tertiary/aromatic N) is 2. The molecule has 41 heavy (non-hydrogen) atoms. The van der Waals surface area contributed by atoms with Crippen molar-refractivity contribution in [2.75, 3.05) is 6.61 Å². The Morgan fingerprint density at radius 3 is 2.71 bits per heavy atom. The Morgan fingerprint density at radius 2 is 2.02 bits per heavy atom. The molecule has 0 radical (unpaired) electrons. The van der Waals surface area contributed by atoms with Gasteiger partial charge < -0.3 is 29.9 Å². The molecule has 214 valence electrons. The molecule has 10 nitrogen and oxygen atoms in total. The van der Waals surface area contributed by atoms with Crippen molar-refractivity contribution in [1.29, 1.82) is 0 Å². The van der Waals surface area contributed by atoms with E-state index in [9.17, 15) is 29.7 Å². The summed E-state index contributed by atoms with van der Waals surface area (Å²) in [5.74, 6) is -1.82. The van der Waals surface area contributed by atoms with Crippen molar-refractivity contribution in [1.82, 2.24) is 14.9 Å². The van der Waals surface area contributed by atoms with Gasteiger partial charge in [0.25, 0.3) is 5.56 Å². The number of hydrogen-bond donors (Lipinski definition) is 4. The van der Waals surface area contributed by atoms with Crippen LogP contribution in [0, 0.1) is 18.2 Å². The molecular weight excluding hydrogens is 533 g/mol. The third kappa shape index (κ3) is 3.45. The van der Waals surface area contributed by atoms with E-state index in [-0.39, 0.29) is 37.3 Å². The third-order valence-corrected chi connectivity index (χ3v) is 9.73. The van der Waals surface area contributed by atoms with Gasteiger partial charge in [-0.1, -0.05) is 6.92 Å². The highest BCUT2D eigenvalue weighted by atomic mass is 19.1. The first-order valence-electron chi connectivity index (χ1n) is 14.0. The monoisotopic (exact) mass is 563 g/mol. The number of esters is 1. The summed E-state index contributed by atoms with van der Waals surface area (Å²) in [6, 6.07) is 2.39. The molecule has 7 rings (SSSR count). The van der Waals surface area contributed by atoms with Crippen molar-refractivity contribution in [3.05, 3.63) is 61.7 Å². The second-order valence-corrected chi connectivity index (χ2v) is 11.8. The molecule has 1 amide bonds. The highest BCUT2D eigenvalue weighted by Gasteiger charge is 2.52. The van der Waals surface area contributed by atoms with Crippen LogP contribution in [0.4, 0.5) is 4.39 Å². The number of amides is 1. The van der Waals surface area contributed by atoms with Gasteiger partial charge in [-0.15, -0.1) is 0 Å². The summed E-state index contributed by atoms with van der Waals surface area (Å²) in [6.07, 6.45) is 0.655. The molecule has 2 aromatic heterocycles. The highest BCUT2D eigenvalue weighted by molar-refractivity contribution is 5.94. The SMILES string of the molecule is CCC1(O)C(=O)OCc2c1cc1n(c2=O)Cc2c-1nc1cc(F)c(C)c3c1c2C(NC(=O)C(O)C1(CO)CC1)CC3. The summed E-state index contributed by atoms with van der Waals surface area (Å²) >= 11 is 0. The number of rotatable bonds is 5. The quantitative estimate of drug-likeness (QED) is 0.268. The van der Waals surface area contributed by atoms with E-state index in [0.29, 0.717) is 64.7 Å². The normalized spacial score (nSPS) is 23.9. The number of hydrogen-bond acceptors (Lipinski definition) is 8. The van der Waals surface area contributed by atoms with E-state index in [0.717, 1.165) is 5.56 Å². The number of aryl methyl sites for hydroxylation is 1. The minimum atomic E-state index is -1.98. The zero-order valence-corrected chi connectivity index (χ0v) is 22.7. The smallest absolute Gasteiger partial charge is 0.343 e. The minimum Gasteiger partial charge on any atom is -0.458 e. The number of benzene rings is 1. The van der Waals surface area contributed by atoms with Gasteiger partial charge in [-0.3, -0.25) is 9.59 Å². The van der Waals surface area contributed by atoms with Crippen LogP contribution < -0.4 is 10.9 Å². The Balaban J connectivity index is 1.43. The fraction of sp³-hybridized carbons (Fsp3) is 0.467. The molecule has 2 aliphatic heterocycles. The summed E-state index contributed by atoms with van der Waals surface area (Å²) < 4.78 is 21.7. The molecule has 3 unspecified atom stereocenters. The predicted molar refractivity (Wildman–Crippen MR) is 143 cm³/mol. The van der Waals surface area contributed by atoms with Crippen LogP contribution in [-0.2, 0) is 39.5 Å². The number of pyridine rings is 2. The Morgan fingerprint density at radius 1 is 1.27 bits per heavy atom. The van der Waals surface area contributed by atoms with Crippen LogP contribution in [-0.4, -0.2) is 49.5 Å². The molecular formula is C30H30FN3O7. The van der Waals surface area contributed by atoms with Gasteiger partial charge in [0.1, 0.15) is 18.5 Å². The summed E-state index contributed by atoms with van der Waals surface area (Å²) in [7, 11) is 0. The molecule has 0 spiro atoms. The van der Waals surface area contributed by atoms with Crippen molar-refractivity contribution in [2.24, 2.45) is 5.41 Å². The van der Waals surface area contributed by atoms with Gasteiger partial charge in [-0.2, -0.15) is 0 Å². The molecule has 1 saturated carbocycles. The van der Waals surface area contributed by atoms with Crippen molar-refractivity contribution in [2.45, 2.75) is 76.9 Å². The van der Waals surface area contributed by atoms with E-state index < -0.39 is 46.4 Å². The van der Waals surface area contributed by atoms with Crippen molar-refractivity contribution in [3.8, 4) is 11.4 Å². The average molecular weight is 564 g/mol. The van der Waals surface area contributed by atoms with E-state index in [4.69, 9.17) is 9.72 Å². The lowest BCUT2D eigenvalue weighted by atomic mass is 9.81. The van der Waals surface area contributed by atoms with Gasteiger partial charge in [-0.25, -0.2) is 14.2 Å². The maximum absolute atomic E-state index is 15.1. The number of cyclic esters (lactones) is 1. The van der Waals surface area contributed by atoms with Crippen LogP contribution in [0.3, 0.4) is 0 Å². The largest absolute Gasteiger partial charge is 0.458 e. The Labute approximate surface area is 233 Å². The van der Waals surface area contributed by atoms with Gasteiger partial charge in [0.05, 0.1) is 41.7 Å². The number of halogens is 1. The molecule has 3 atom stereocenters. The molecule has 4 heterocycles. The van der Waals surface area contributed by atoms with Crippen LogP contribution in [0.5, 0.6) is 0 Å². The maximum Gasteiger partial charge on any atom is 0.343 e. The van der Waals surface area contributed by atoms with Crippen LogP contribution >= 0.6 is 0 Å². The molecule has 0 saturated heterocycles. The molecule has 3 aromatic rings. The van der Waals surface area contributed by atoms with Crippen molar-refractivity contribution >= 4 is 22.8 Å². The molecule has 1 aromatic carbocycles. The summed E-state index contributed by atoms with van der Waals surface area (Å²) in [6.45, 7) is 2.91. The number of aliphatic hydroxyl groups excluding tert-OH is 2. The first-order valence-corrected chi connectivity index (χ1v) is 14.0. The van der Waals surface area contributed by atoms with E-state index in [1.807, 2.05) is 0 Å². The van der Waals surface area contributed by atoms with Crippen LogP contribution in [0.25, 0.3) is 22.3 Å². The van der Waals surface area contributed by atoms with Crippen LogP contribution in [0.1, 0.15) is 72.0 Å². The van der Waals surface area contributed by atoms with Crippen molar-refractivity contribution < 1.29 is 34.0 Å². The molecule has 1 fully saturated rings. The van der Waals surface area contributed by atoms with Crippen LogP contribution in [0.15, 0.2) is 16.9 Å². The summed E-state index contributed by atoms with van der Waals surface area (Å²) in [5.41, 5.74) is 0.983. The number of carbonyl (C=O) groups excluding carboxylic acids is 2. The lowest BCUT2D eigenvalue weighted by Gasteiger charge is -2.31. The van der Waals surface area contributed by atoms with E-state index in [1.165, 1.54) is 10.6 Å². The number of aromatic nitrogens is 2. The zero-order valence-electron chi connectivity index (χ0n) is 22.7. The fourth-order valence-electron chi connectivity index (χ4n) is 6.91. The van der Waals surface area contributed by atoms with Crippen molar-refractivity contribution in [3.63, 3.8) is 0 Å². The topological polar surface area (TPSA) is 151 Å². The number of fused-ring (bicyclic) bond motifs is 5. The Bertz CT molecular complexity index is 1760. The third-order valence-electron chi connectivity index (χ3n) is 9.73. The standard InChI is InChI=1S/C30H30FN3O7/c1-3-30(40)17-8-21-24-15(10-34(21)27(38)16(17)11-41-28(30)39)23-19(33-26(37)25(36)29(12-35)6-7-29)5-4-14-13(2)18(31)9-20(32-24)22(14)23/h8-9,19,25,35-36,40H,3-7,10-12H2,1-2H3,(H,33,37). The van der Waals surface area contributed by atoms with E-state index in [1.54, 1.807) is 19.9 Å². The minimum absolute atomic E-state index is 0.00456. The summed E-state index contributed by atoms with van der Waals surface area (Å²) in [5, 5.41) is 35.4. The number of ether oxygens (including phenoxy) is 1. The summed E-state index contributed by atoms with van der Waals surface area (Å²) in [4.78, 5) is 44.3. The lowest BCUT2D eigenvalue weighted by molar-refractivity contribution is -0.172. The van der Waals surface area contributed by atoms with Crippen LogP contribution in [0.2, 0.25) is 0 Å². The van der Waals surface area contributed by atoms with Gasteiger partial charge in [0.15, 0.2) is 5.60 Å². The second kappa shape index (κ2) is 8.67. The maximum atomic E-state index is 15.1. The Kier molecular flexibility index (Phi) is 5.55. The number of carbonyl (C=O) groups is 2. The molecule has 2 aliphatic carbocycles. The molecule has 0 bridgehead atoms. The average Bonchev–Trinajstić information content (AvgIpc) is 3.68. The molecule has 4 aliphatic rings. The number of aliphatic hydroxyl groups is 3. The molecule has 4 N–H and O–H groups in total. The highest BCUT2D eigenvalue weighted by Crippen LogP contribution is 2.49. The predicted octanol–water partition coefficient (Wildman–Crippen LogP) is 1.76.